The molecule has 0 saturated carbocycles. The minimum atomic E-state index is -1.24. The Morgan fingerprint density at radius 3 is 2.54 bits per heavy atom. The lowest BCUT2D eigenvalue weighted by molar-refractivity contribution is -0.255. The molecule has 2 aromatic rings. The monoisotopic (exact) mass is 337 g/mol. The number of amides is 1. The van der Waals surface area contributed by atoms with E-state index in [2.05, 4.69) is 5.32 Å². The Labute approximate surface area is 144 Å². The van der Waals surface area contributed by atoms with Crippen molar-refractivity contribution in [2.24, 2.45) is 0 Å². The number of aryl methyl sites for hydroxylation is 1. The van der Waals surface area contributed by atoms with Crippen LogP contribution in [-0.4, -0.2) is 17.0 Å². The van der Waals surface area contributed by atoms with E-state index >= 15 is 0 Å². The first-order valence-electron chi connectivity index (χ1n) is 7.21. The molecule has 1 amide bonds. The van der Waals surface area contributed by atoms with Gasteiger partial charge in [-0.05, 0) is 54.0 Å². The molecule has 1 N–H and O–H groups in total. The van der Waals surface area contributed by atoms with Crippen molar-refractivity contribution in [3.05, 3.63) is 70.9 Å². The van der Waals surface area contributed by atoms with Crippen LogP contribution in [0, 0.1) is 6.92 Å². The van der Waals surface area contributed by atoms with Gasteiger partial charge in [-0.25, -0.2) is 0 Å². The second-order valence-corrected chi connectivity index (χ2v) is 5.76. The fourth-order valence-corrected chi connectivity index (χ4v) is 2.72. The molecule has 1 aliphatic rings. The molecule has 1 fully saturated rings. The Morgan fingerprint density at radius 2 is 1.92 bits per heavy atom. The molecule has 0 radical (unpaired) electrons. The van der Waals surface area contributed by atoms with Gasteiger partial charge in [0.25, 0.3) is 5.91 Å². The van der Waals surface area contributed by atoms with Crippen molar-refractivity contribution < 1.29 is 14.7 Å². The van der Waals surface area contributed by atoms with Crippen LogP contribution in [-0.2, 0) is 4.79 Å². The molecule has 0 aliphatic carbocycles. The summed E-state index contributed by atoms with van der Waals surface area (Å²) in [5.41, 5.74) is 2.83. The minimum absolute atomic E-state index is 0.0831. The van der Waals surface area contributed by atoms with Gasteiger partial charge in [-0.1, -0.05) is 36.4 Å². The van der Waals surface area contributed by atoms with E-state index in [-0.39, 0.29) is 11.5 Å². The van der Waals surface area contributed by atoms with Crippen molar-refractivity contribution in [3.8, 4) is 0 Å². The number of nitrogens with zero attached hydrogens (tertiary/aromatic N) is 1. The average Bonchev–Trinajstić information content (AvgIpc) is 2.82. The molecular formula is C18H13N2O3S-. The molecular weight excluding hydrogens is 324 g/mol. The number of thiocarbonyl (C=S) groups is 1. The van der Waals surface area contributed by atoms with E-state index in [1.165, 1.54) is 17.0 Å². The molecule has 0 atom stereocenters. The quantitative estimate of drug-likeness (QED) is 0.681. The molecule has 3 rings (SSSR count). The molecule has 5 nitrogen and oxygen atoms in total. The largest absolute Gasteiger partial charge is 0.545 e. The van der Waals surface area contributed by atoms with Gasteiger partial charge in [-0.3, -0.25) is 9.69 Å². The predicted octanol–water partition coefficient (Wildman–Crippen LogP) is 1.62. The lowest BCUT2D eigenvalue weighted by Crippen LogP contribution is -2.30. The Balaban J connectivity index is 1.89. The molecule has 6 heteroatoms. The third-order valence-electron chi connectivity index (χ3n) is 3.60. The lowest BCUT2D eigenvalue weighted by atomic mass is 10.1. The summed E-state index contributed by atoms with van der Waals surface area (Å²) >= 11 is 5.26. The van der Waals surface area contributed by atoms with E-state index in [4.69, 9.17) is 12.2 Å². The third-order valence-corrected chi connectivity index (χ3v) is 3.88. The van der Waals surface area contributed by atoms with Gasteiger partial charge in [0.05, 0.1) is 11.7 Å². The molecule has 120 valence electrons. The Kier molecular flexibility index (Phi) is 4.14. The lowest BCUT2D eigenvalue weighted by Gasteiger charge is -2.14. The Morgan fingerprint density at radius 1 is 1.21 bits per heavy atom. The second-order valence-electron chi connectivity index (χ2n) is 5.38. The van der Waals surface area contributed by atoms with Crippen molar-refractivity contribution in [1.82, 2.24) is 5.32 Å². The van der Waals surface area contributed by atoms with Crippen molar-refractivity contribution in [2.75, 3.05) is 4.90 Å². The SMILES string of the molecule is Cc1cccc(N2C(=O)/C(=C\c3ccc(C(=O)[O-])cc3)NC2=S)c1. The summed E-state index contributed by atoms with van der Waals surface area (Å²) in [7, 11) is 0. The number of carboxylic acid groups (broad SMARTS) is 1. The summed E-state index contributed by atoms with van der Waals surface area (Å²) < 4.78 is 0. The smallest absolute Gasteiger partial charge is 0.281 e. The fraction of sp³-hybridized carbons (Fsp3) is 0.0556. The molecule has 24 heavy (non-hydrogen) atoms. The molecule has 0 aromatic heterocycles. The van der Waals surface area contributed by atoms with E-state index in [9.17, 15) is 14.7 Å². The first-order valence-corrected chi connectivity index (χ1v) is 7.62. The van der Waals surface area contributed by atoms with Crippen LogP contribution in [0.3, 0.4) is 0 Å². The number of anilines is 1. The van der Waals surface area contributed by atoms with Gasteiger partial charge in [0.1, 0.15) is 5.70 Å². The predicted molar refractivity (Wildman–Crippen MR) is 93.1 cm³/mol. The van der Waals surface area contributed by atoms with Crippen molar-refractivity contribution in [3.63, 3.8) is 0 Å². The van der Waals surface area contributed by atoms with Gasteiger partial charge in [0, 0.05) is 0 Å². The van der Waals surface area contributed by atoms with Crippen molar-refractivity contribution >= 4 is 41.0 Å². The van der Waals surface area contributed by atoms with Gasteiger partial charge in [0.15, 0.2) is 5.11 Å². The summed E-state index contributed by atoms with van der Waals surface area (Å²) in [6, 6.07) is 13.6. The van der Waals surface area contributed by atoms with E-state index in [0.29, 0.717) is 22.1 Å². The summed E-state index contributed by atoms with van der Waals surface area (Å²) in [5, 5.41) is 14.0. The first kappa shape index (κ1) is 15.9. The van der Waals surface area contributed by atoms with Gasteiger partial charge in [-0.2, -0.15) is 0 Å². The molecule has 1 aliphatic heterocycles. The maximum absolute atomic E-state index is 12.6. The highest BCUT2D eigenvalue weighted by molar-refractivity contribution is 7.80. The van der Waals surface area contributed by atoms with Crippen molar-refractivity contribution in [2.45, 2.75) is 6.92 Å². The normalized spacial score (nSPS) is 15.7. The Hall–Kier alpha value is -2.99. The number of rotatable bonds is 3. The zero-order chi connectivity index (χ0) is 17.3. The number of hydrogen-bond donors (Lipinski definition) is 1. The van der Waals surface area contributed by atoms with E-state index in [1.807, 2.05) is 31.2 Å². The highest BCUT2D eigenvalue weighted by Crippen LogP contribution is 2.23. The van der Waals surface area contributed by atoms with Gasteiger partial charge in [0.2, 0.25) is 0 Å². The van der Waals surface area contributed by atoms with Crippen LogP contribution in [0.1, 0.15) is 21.5 Å². The number of hydrogen-bond acceptors (Lipinski definition) is 4. The zero-order valence-corrected chi connectivity index (χ0v) is 13.6. The molecule has 0 bridgehead atoms. The summed E-state index contributed by atoms with van der Waals surface area (Å²) in [4.78, 5) is 24.8. The second kappa shape index (κ2) is 6.25. The van der Waals surface area contributed by atoms with Gasteiger partial charge >= 0.3 is 0 Å². The highest BCUT2D eigenvalue weighted by Gasteiger charge is 2.31. The maximum atomic E-state index is 12.6. The van der Waals surface area contributed by atoms with E-state index in [0.717, 1.165) is 5.56 Å². The summed E-state index contributed by atoms with van der Waals surface area (Å²) in [5.74, 6) is -1.49. The van der Waals surface area contributed by atoms with Crippen LogP contribution >= 0.6 is 12.2 Å². The van der Waals surface area contributed by atoms with Crippen LogP contribution in [0.15, 0.2) is 54.2 Å². The number of carbonyl (C=O) groups excluding carboxylic acids is 2. The van der Waals surface area contributed by atoms with Crippen LogP contribution in [0.5, 0.6) is 0 Å². The van der Waals surface area contributed by atoms with Crippen molar-refractivity contribution in [1.29, 1.82) is 0 Å². The van der Waals surface area contributed by atoms with Crippen LogP contribution < -0.4 is 15.3 Å². The summed E-state index contributed by atoms with van der Waals surface area (Å²) in [6.45, 7) is 1.94. The van der Waals surface area contributed by atoms with Crippen LogP contribution in [0.4, 0.5) is 5.69 Å². The summed E-state index contributed by atoms with van der Waals surface area (Å²) in [6.07, 6.45) is 1.63. The first-order chi connectivity index (χ1) is 11.5. The van der Waals surface area contributed by atoms with Gasteiger partial charge < -0.3 is 15.2 Å². The molecule has 1 heterocycles. The van der Waals surface area contributed by atoms with Crippen LogP contribution in [0.2, 0.25) is 0 Å². The zero-order valence-electron chi connectivity index (χ0n) is 12.8. The number of nitrogens with one attached hydrogen (secondary N) is 1. The standard InChI is InChI=1S/C18H14N2O3S/c1-11-3-2-4-14(9-11)20-16(21)15(19-18(20)24)10-12-5-7-13(8-6-12)17(22)23/h2-10H,1H3,(H,19,24)(H,22,23)/p-1/b15-10+. The van der Waals surface area contributed by atoms with Gasteiger partial charge in [-0.15, -0.1) is 0 Å². The fourth-order valence-electron chi connectivity index (χ4n) is 2.42. The van der Waals surface area contributed by atoms with E-state index < -0.39 is 5.97 Å². The number of carboxylic acids is 1. The van der Waals surface area contributed by atoms with E-state index in [1.54, 1.807) is 18.2 Å². The average molecular weight is 337 g/mol. The molecule has 1 saturated heterocycles. The number of benzene rings is 2. The molecule has 0 spiro atoms. The molecule has 0 unspecified atom stereocenters. The number of aromatic carboxylic acids is 1. The third kappa shape index (κ3) is 3.04. The maximum Gasteiger partial charge on any atom is 0.281 e. The Bertz CT molecular complexity index is 872. The topological polar surface area (TPSA) is 72.5 Å². The highest BCUT2D eigenvalue weighted by atomic mass is 32.1. The number of carbonyl (C=O) groups is 2. The molecule has 2 aromatic carbocycles. The minimum Gasteiger partial charge on any atom is -0.545 e. The van der Waals surface area contributed by atoms with Crippen LogP contribution in [0.25, 0.3) is 6.08 Å².